The maximum Gasteiger partial charge on any atom is 0.0582 e. The van der Waals surface area contributed by atoms with E-state index in [1.165, 1.54) is 32.1 Å². The summed E-state index contributed by atoms with van der Waals surface area (Å²) in [5.74, 6) is 0.764. The van der Waals surface area contributed by atoms with Crippen molar-refractivity contribution in [1.29, 1.82) is 0 Å². The third kappa shape index (κ3) is 0.962. The van der Waals surface area contributed by atoms with Gasteiger partial charge in [0.15, 0.2) is 0 Å². The average Bonchev–Trinajstić information content (AvgIpc) is 2.98. The Morgan fingerprint density at radius 2 is 1.92 bits per heavy atom. The zero-order chi connectivity index (χ0) is 9.10. The minimum Gasteiger partial charge on any atom is -0.378 e. The van der Waals surface area contributed by atoms with Gasteiger partial charge in [-0.05, 0) is 50.4 Å². The Morgan fingerprint density at radius 3 is 2.31 bits per heavy atom. The van der Waals surface area contributed by atoms with Crippen LogP contribution >= 0.6 is 0 Å². The highest BCUT2D eigenvalue weighted by atomic mass is 16.5. The average molecular weight is 181 g/mol. The summed E-state index contributed by atoms with van der Waals surface area (Å²) in [6.07, 6.45) is 6.96. The summed E-state index contributed by atoms with van der Waals surface area (Å²) >= 11 is 0. The molecule has 0 spiro atoms. The first-order valence-corrected chi connectivity index (χ1v) is 5.58. The molecule has 1 saturated heterocycles. The minimum absolute atomic E-state index is 0.222. The lowest BCUT2D eigenvalue weighted by atomic mass is 9.77. The van der Waals surface area contributed by atoms with Gasteiger partial charge in [0.1, 0.15) is 0 Å². The van der Waals surface area contributed by atoms with Crippen LogP contribution in [-0.4, -0.2) is 18.2 Å². The molecule has 3 aliphatic rings. The number of hydrogen-bond acceptors (Lipinski definition) is 2. The highest BCUT2D eigenvalue weighted by Gasteiger charge is 2.67. The molecule has 2 saturated carbocycles. The van der Waals surface area contributed by atoms with E-state index in [0.29, 0.717) is 11.5 Å². The number of hydrogen-bond donors (Lipinski definition) is 1. The Kier molecular flexibility index (Phi) is 1.45. The van der Waals surface area contributed by atoms with E-state index in [-0.39, 0.29) is 5.54 Å². The molecule has 2 unspecified atom stereocenters. The summed E-state index contributed by atoms with van der Waals surface area (Å²) in [7, 11) is 0. The lowest BCUT2D eigenvalue weighted by molar-refractivity contribution is 0.0754. The van der Waals surface area contributed by atoms with Crippen molar-refractivity contribution < 1.29 is 4.74 Å². The van der Waals surface area contributed by atoms with Crippen LogP contribution in [0.4, 0.5) is 0 Å². The van der Waals surface area contributed by atoms with E-state index < -0.39 is 0 Å². The third-order valence-corrected chi connectivity index (χ3v) is 4.65. The fraction of sp³-hybridized carbons (Fsp3) is 1.00. The van der Waals surface area contributed by atoms with Gasteiger partial charge in [0.05, 0.1) is 6.10 Å². The maximum absolute atomic E-state index is 6.37. The summed E-state index contributed by atoms with van der Waals surface area (Å²) in [5, 5.41) is 0. The zero-order valence-electron chi connectivity index (χ0n) is 8.38. The lowest BCUT2D eigenvalue weighted by Crippen LogP contribution is -2.41. The van der Waals surface area contributed by atoms with E-state index in [9.17, 15) is 0 Å². The first-order chi connectivity index (χ1) is 6.18. The van der Waals surface area contributed by atoms with Crippen LogP contribution in [0, 0.1) is 11.3 Å². The molecule has 3 rings (SSSR count). The molecule has 0 aromatic heterocycles. The molecular formula is C11H19NO. The molecule has 2 nitrogen and oxygen atoms in total. The Bertz CT molecular complexity index is 230. The Morgan fingerprint density at radius 1 is 1.23 bits per heavy atom. The van der Waals surface area contributed by atoms with Crippen LogP contribution in [0.2, 0.25) is 0 Å². The van der Waals surface area contributed by atoms with Crippen molar-refractivity contribution >= 4 is 0 Å². The Balaban J connectivity index is 1.83. The van der Waals surface area contributed by atoms with Gasteiger partial charge >= 0.3 is 0 Å². The van der Waals surface area contributed by atoms with Gasteiger partial charge in [0.2, 0.25) is 0 Å². The van der Waals surface area contributed by atoms with Gasteiger partial charge in [0, 0.05) is 12.1 Å². The van der Waals surface area contributed by atoms with E-state index in [1.54, 1.807) is 0 Å². The molecule has 1 heterocycles. The van der Waals surface area contributed by atoms with Crippen molar-refractivity contribution in [3.8, 4) is 0 Å². The molecule has 2 heteroatoms. The fourth-order valence-electron chi connectivity index (χ4n) is 3.46. The van der Waals surface area contributed by atoms with Crippen molar-refractivity contribution in [2.75, 3.05) is 6.61 Å². The standard InChI is InChI=1S/C11H19NO/c1-8-9(2-7-13-8)10(3-4-10)11(12)5-6-11/h8-9H,2-7,12H2,1H3. The second-order valence-electron chi connectivity index (χ2n) is 5.28. The molecule has 0 amide bonds. The normalized spacial score (nSPS) is 44.8. The van der Waals surface area contributed by atoms with E-state index in [4.69, 9.17) is 10.5 Å². The van der Waals surface area contributed by atoms with Crippen LogP contribution in [0.1, 0.15) is 39.0 Å². The van der Waals surface area contributed by atoms with Crippen LogP contribution in [0.25, 0.3) is 0 Å². The Hall–Kier alpha value is -0.0800. The largest absolute Gasteiger partial charge is 0.378 e. The molecule has 0 radical (unpaired) electrons. The second-order valence-corrected chi connectivity index (χ2v) is 5.28. The van der Waals surface area contributed by atoms with Gasteiger partial charge in [-0.1, -0.05) is 0 Å². The summed E-state index contributed by atoms with van der Waals surface area (Å²) in [6.45, 7) is 3.19. The number of nitrogens with two attached hydrogens (primary N) is 1. The summed E-state index contributed by atoms with van der Waals surface area (Å²) in [5.41, 5.74) is 7.10. The van der Waals surface area contributed by atoms with Gasteiger partial charge in [-0.25, -0.2) is 0 Å². The zero-order valence-corrected chi connectivity index (χ0v) is 8.38. The lowest BCUT2D eigenvalue weighted by Gasteiger charge is -2.31. The van der Waals surface area contributed by atoms with Crippen molar-refractivity contribution in [2.45, 2.75) is 50.7 Å². The molecule has 2 atom stereocenters. The van der Waals surface area contributed by atoms with Crippen LogP contribution in [0.5, 0.6) is 0 Å². The predicted octanol–water partition coefficient (Wildman–Crippen LogP) is 1.68. The van der Waals surface area contributed by atoms with Crippen LogP contribution < -0.4 is 5.73 Å². The summed E-state index contributed by atoms with van der Waals surface area (Å²) in [4.78, 5) is 0. The number of rotatable bonds is 2. The van der Waals surface area contributed by atoms with Crippen LogP contribution in [0.3, 0.4) is 0 Å². The van der Waals surface area contributed by atoms with Gasteiger partial charge in [-0.2, -0.15) is 0 Å². The highest BCUT2D eigenvalue weighted by molar-refractivity contribution is 5.22. The monoisotopic (exact) mass is 181 g/mol. The predicted molar refractivity (Wildman–Crippen MR) is 51.3 cm³/mol. The van der Waals surface area contributed by atoms with Crippen molar-refractivity contribution in [3.63, 3.8) is 0 Å². The first-order valence-electron chi connectivity index (χ1n) is 5.58. The van der Waals surface area contributed by atoms with E-state index in [0.717, 1.165) is 12.5 Å². The molecule has 0 aromatic carbocycles. The summed E-state index contributed by atoms with van der Waals surface area (Å²) < 4.78 is 5.66. The van der Waals surface area contributed by atoms with Crippen molar-refractivity contribution in [1.82, 2.24) is 0 Å². The Labute approximate surface area is 79.8 Å². The molecule has 0 aromatic rings. The molecule has 0 bridgehead atoms. The van der Waals surface area contributed by atoms with Gasteiger partial charge in [-0.15, -0.1) is 0 Å². The smallest absolute Gasteiger partial charge is 0.0582 e. The minimum atomic E-state index is 0.222. The van der Waals surface area contributed by atoms with Gasteiger partial charge < -0.3 is 10.5 Å². The highest BCUT2D eigenvalue weighted by Crippen LogP contribution is 2.68. The van der Waals surface area contributed by atoms with Crippen molar-refractivity contribution in [2.24, 2.45) is 17.1 Å². The second kappa shape index (κ2) is 2.29. The van der Waals surface area contributed by atoms with Crippen LogP contribution in [-0.2, 0) is 4.74 Å². The molecule has 13 heavy (non-hydrogen) atoms. The topological polar surface area (TPSA) is 35.2 Å². The van der Waals surface area contributed by atoms with E-state index in [2.05, 4.69) is 6.92 Å². The molecule has 2 N–H and O–H groups in total. The summed E-state index contributed by atoms with van der Waals surface area (Å²) in [6, 6.07) is 0. The first kappa shape index (κ1) is 8.25. The number of ether oxygens (including phenoxy) is 1. The maximum atomic E-state index is 6.37. The van der Waals surface area contributed by atoms with E-state index >= 15 is 0 Å². The molecule has 1 aliphatic heterocycles. The SMILES string of the molecule is CC1OCCC1C1(C2(N)CC2)CC1. The third-order valence-electron chi connectivity index (χ3n) is 4.65. The van der Waals surface area contributed by atoms with Crippen LogP contribution in [0.15, 0.2) is 0 Å². The molecular weight excluding hydrogens is 162 g/mol. The quantitative estimate of drug-likeness (QED) is 0.703. The van der Waals surface area contributed by atoms with Gasteiger partial charge in [0.25, 0.3) is 0 Å². The fourth-order valence-corrected chi connectivity index (χ4v) is 3.46. The molecule has 74 valence electrons. The van der Waals surface area contributed by atoms with Gasteiger partial charge in [-0.3, -0.25) is 0 Å². The van der Waals surface area contributed by atoms with E-state index in [1.807, 2.05) is 0 Å². The molecule has 2 aliphatic carbocycles. The van der Waals surface area contributed by atoms with Crippen molar-refractivity contribution in [3.05, 3.63) is 0 Å². The molecule has 3 fully saturated rings.